The number of hydrogen-bond donors (Lipinski definition) is 0. The third-order valence-corrected chi connectivity index (χ3v) is 20.1. The molecular weight excluding hydrogens is 456 g/mol. The summed E-state index contributed by atoms with van der Waals surface area (Å²) in [5.41, 5.74) is 3.52. The number of carbonyl (C=O) groups is 2. The minimum atomic E-state index is -2.25. The SMILES string of the molecule is C=C(O[Si](C(C)C)(C(C)C)C(C)C)C1=C/C(=C\C=O)C(O[Si](C(C)C)(C(C)C)C(C)C)CC1=O. The molecule has 0 saturated heterocycles. The third-order valence-electron chi connectivity index (χ3n) is 7.98. The van der Waals surface area contributed by atoms with Crippen LogP contribution in [0.1, 0.15) is 89.5 Å². The van der Waals surface area contributed by atoms with Crippen LogP contribution in [-0.4, -0.2) is 34.8 Å². The number of aldehydes is 1. The summed E-state index contributed by atoms with van der Waals surface area (Å²) in [6, 6.07) is 0. The molecule has 0 amide bonds. The maximum atomic E-state index is 13.4. The summed E-state index contributed by atoms with van der Waals surface area (Å²) < 4.78 is 13.6. The molecule has 1 aliphatic carbocycles. The standard InChI is InChI=1S/C28H50O4Si2/c1-18(2)33(19(3)4,20(5)6)31-24(13)26-16-25(14-15-29)28(17-27(26)30)32-34(21(7)8,22(9)10)23(11)12/h14-16,18-23,28H,13,17H2,1-12H3/b25-14+. The Morgan fingerprint density at radius 3 is 1.62 bits per heavy atom. The van der Waals surface area contributed by atoms with Crippen molar-refractivity contribution in [2.24, 2.45) is 0 Å². The second-order valence-corrected chi connectivity index (χ2v) is 22.5. The average Bonchev–Trinajstić information content (AvgIpc) is 2.69. The van der Waals surface area contributed by atoms with Gasteiger partial charge >= 0.3 is 0 Å². The van der Waals surface area contributed by atoms with E-state index in [0.717, 1.165) is 11.9 Å². The average molecular weight is 507 g/mol. The van der Waals surface area contributed by atoms with Crippen LogP contribution in [0.5, 0.6) is 0 Å². The number of allylic oxidation sites excluding steroid dienone is 2. The van der Waals surface area contributed by atoms with E-state index < -0.39 is 22.7 Å². The Labute approximate surface area is 211 Å². The molecule has 1 rings (SSSR count). The molecule has 0 spiro atoms. The maximum absolute atomic E-state index is 13.4. The Balaban J connectivity index is 3.46. The van der Waals surface area contributed by atoms with Gasteiger partial charge in [-0.15, -0.1) is 0 Å². The first-order valence-corrected chi connectivity index (χ1v) is 17.3. The molecule has 194 valence electrons. The largest absolute Gasteiger partial charge is 0.543 e. The zero-order chi connectivity index (χ0) is 26.6. The normalized spacial score (nSPS) is 19.2. The third kappa shape index (κ3) is 5.93. The second-order valence-electron chi connectivity index (χ2n) is 11.8. The number of ketones is 1. The van der Waals surface area contributed by atoms with Crippen molar-refractivity contribution in [3.05, 3.63) is 35.6 Å². The molecule has 1 unspecified atom stereocenters. The van der Waals surface area contributed by atoms with Gasteiger partial charge in [0.2, 0.25) is 8.32 Å². The van der Waals surface area contributed by atoms with E-state index in [9.17, 15) is 9.59 Å². The van der Waals surface area contributed by atoms with Gasteiger partial charge in [0.25, 0.3) is 8.32 Å². The van der Waals surface area contributed by atoms with Gasteiger partial charge in [-0.1, -0.05) is 89.7 Å². The smallest absolute Gasteiger partial charge is 0.258 e. The number of carbonyl (C=O) groups excluding carboxylic acids is 2. The molecule has 0 heterocycles. The molecule has 0 fully saturated rings. The quantitative estimate of drug-likeness (QED) is 0.116. The van der Waals surface area contributed by atoms with Gasteiger partial charge in [-0.3, -0.25) is 9.59 Å². The topological polar surface area (TPSA) is 52.6 Å². The van der Waals surface area contributed by atoms with Crippen LogP contribution in [0.15, 0.2) is 35.6 Å². The minimum Gasteiger partial charge on any atom is -0.543 e. The maximum Gasteiger partial charge on any atom is 0.258 e. The summed E-state index contributed by atoms with van der Waals surface area (Å²) in [5, 5.41) is 0. The van der Waals surface area contributed by atoms with E-state index in [1.165, 1.54) is 0 Å². The summed E-state index contributed by atoms with van der Waals surface area (Å²) in [4.78, 5) is 25.0. The van der Waals surface area contributed by atoms with Gasteiger partial charge in [-0.25, -0.2) is 0 Å². The van der Waals surface area contributed by atoms with E-state index in [0.29, 0.717) is 44.6 Å². The Bertz CT molecular complexity index is 760. The summed E-state index contributed by atoms with van der Waals surface area (Å²) in [6.45, 7) is 30.9. The monoisotopic (exact) mass is 506 g/mol. The lowest BCUT2D eigenvalue weighted by Gasteiger charge is -2.46. The molecule has 4 nitrogen and oxygen atoms in total. The zero-order valence-electron chi connectivity index (χ0n) is 23.8. The van der Waals surface area contributed by atoms with Gasteiger partial charge < -0.3 is 8.85 Å². The number of Topliss-reactive ketones (excluding diaryl/α,β-unsaturated/α-hetero) is 1. The number of hydrogen-bond acceptors (Lipinski definition) is 4. The highest BCUT2D eigenvalue weighted by Gasteiger charge is 2.49. The van der Waals surface area contributed by atoms with Crippen LogP contribution in [0.3, 0.4) is 0 Å². The van der Waals surface area contributed by atoms with Crippen molar-refractivity contribution < 1.29 is 18.4 Å². The molecule has 1 atom stereocenters. The van der Waals surface area contributed by atoms with Gasteiger partial charge in [-0.2, -0.15) is 0 Å². The van der Waals surface area contributed by atoms with E-state index in [4.69, 9.17) is 8.85 Å². The fourth-order valence-corrected chi connectivity index (χ4v) is 17.4. The molecule has 0 aromatic rings. The first-order chi connectivity index (χ1) is 15.6. The second kappa shape index (κ2) is 12.1. The highest BCUT2D eigenvalue weighted by molar-refractivity contribution is 6.78. The first-order valence-electron chi connectivity index (χ1n) is 13.1. The van der Waals surface area contributed by atoms with Crippen molar-refractivity contribution in [3.8, 4) is 0 Å². The van der Waals surface area contributed by atoms with Crippen molar-refractivity contribution in [1.29, 1.82) is 0 Å². The molecule has 0 aliphatic heterocycles. The van der Waals surface area contributed by atoms with Crippen LogP contribution < -0.4 is 0 Å². The van der Waals surface area contributed by atoms with Gasteiger partial charge in [0.15, 0.2) is 5.78 Å². The van der Waals surface area contributed by atoms with Crippen LogP contribution in [0, 0.1) is 0 Å². The lowest BCUT2D eigenvalue weighted by atomic mass is 9.90. The Morgan fingerprint density at radius 2 is 1.26 bits per heavy atom. The highest BCUT2D eigenvalue weighted by Crippen LogP contribution is 2.47. The predicted octanol–water partition coefficient (Wildman–Crippen LogP) is 8.28. The van der Waals surface area contributed by atoms with Crippen LogP contribution in [-0.2, 0) is 18.4 Å². The zero-order valence-corrected chi connectivity index (χ0v) is 25.8. The first kappa shape index (κ1) is 30.8. The summed E-state index contributed by atoms with van der Waals surface area (Å²) in [5.74, 6) is 0.430. The molecule has 6 heteroatoms. The fraction of sp³-hybridized carbons (Fsp3) is 0.714. The molecular formula is C28H50O4Si2. The van der Waals surface area contributed by atoms with Crippen LogP contribution in [0.2, 0.25) is 33.2 Å². The molecule has 1 aliphatic rings. The van der Waals surface area contributed by atoms with Gasteiger partial charge in [0, 0.05) is 6.42 Å². The molecule has 0 bridgehead atoms. The van der Waals surface area contributed by atoms with Crippen molar-refractivity contribution >= 4 is 28.7 Å². The van der Waals surface area contributed by atoms with E-state index in [1.807, 2.05) is 0 Å². The fourth-order valence-electron chi connectivity index (χ4n) is 6.59. The van der Waals surface area contributed by atoms with Crippen LogP contribution in [0.4, 0.5) is 0 Å². The predicted molar refractivity (Wildman–Crippen MR) is 149 cm³/mol. The van der Waals surface area contributed by atoms with E-state index >= 15 is 0 Å². The van der Waals surface area contributed by atoms with Crippen molar-refractivity contribution in [2.75, 3.05) is 0 Å². The number of rotatable bonds is 12. The van der Waals surface area contributed by atoms with E-state index in [2.05, 4.69) is 89.7 Å². The van der Waals surface area contributed by atoms with Gasteiger partial charge in [-0.05, 0) is 51.0 Å². The minimum absolute atomic E-state index is 0.0172. The molecule has 0 aromatic carbocycles. The van der Waals surface area contributed by atoms with Gasteiger partial charge in [0.05, 0.1) is 11.7 Å². The molecule has 34 heavy (non-hydrogen) atoms. The summed E-state index contributed by atoms with van der Waals surface area (Å²) in [6.07, 6.45) is 3.94. The molecule has 0 radical (unpaired) electrons. The van der Waals surface area contributed by atoms with Crippen molar-refractivity contribution in [3.63, 3.8) is 0 Å². The van der Waals surface area contributed by atoms with Gasteiger partial charge in [0.1, 0.15) is 12.0 Å². The summed E-state index contributed by atoms with van der Waals surface area (Å²) in [7, 11) is -4.48. The van der Waals surface area contributed by atoms with Crippen molar-refractivity contribution in [2.45, 2.75) is 129 Å². The Hall–Kier alpha value is -1.25. The Kier molecular flexibility index (Phi) is 11.0. The van der Waals surface area contributed by atoms with Crippen molar-refractivity contribution in [1.82, 2.24) is 0 Å². The molecule has 0 N–H and O–H groups in total. The summed E-state index contributed by atoms with van der Waals surface area (Å²) >= 11 is 0. The lowest BCUT2D eigenvalue weighted by Crippen LogP contribution is -2.51. The highest BCUT2D eigenvalue weighted by atomic mass is 28.4. The lowest BCUT2D eigenvalue weighted by molar-refractivity contribution is -0.117. The van der Waals surface area contributed by atoms with Crippen LogP contribution >= 0.6 is 0 Å². The van der Waals surface area contributed by atoms with Crippen LogP contribution in [0.25, 0.3) is 0 Å². The van der Waals surface area contributed by atoms with E-state index in [-0.39, 0.29) is 12.2 Å². The molecule has 0 aromatic heterocycles. The van der Waals surface area contributed by atoms with E-state index in [1.54, 1.807) is 12.2 Å². The molecule has 0 saturated carbocycles. The Morgan fingerprint density at radius 1 is 0.853 bits per heavy atom.